The van der Waals surface area contributed by atoms with Crippen LogP contribution >= 0.6 is 27.7 Å². The Morgan fingerprint density at radius 2 is 2.29 bits per heavy atom. The molecule has 1 N–H and O–H groups in total. The van der Waals surface area contributed by atoms with Crippen molar-refractivity contribution < 1.29 is 10.0 Å². The van der Waals surface area contributed by atoms with E-state index in [2.05, 4.69) is 15.9 Å². The van der Waals surface area contributed by atoms with Crippen molar-refractivity contribution in [1.82, 2.24) is 0 Å². The predicted octanol–water partition coefficient (Wildman–Crippen LogP) is 3.22. The molecule has 0 saturated carbocycles. The molecule has 1 aromatic rings. The molecule has 0 aliphatic heterocycles. The van der Waals surface area contributed by atoms with Crippen LogP contribution in [0.3, 0.4) is 0 Å². The van der Waals surface area contributed by atoms with Gasteiger partial charge in [-0.1, -0.05) is 19.1 Å². The van der Waals surface area contributed by atoms with Crippen LogP contribution in [0, 0.1) is 16.0 Å². The molecule has 17 heavy (non-hydrogen) atoms. The lowest BCUT2D eigenvalue weighted by Crippen LogP contribution is -2.03. The Bertz CT molecular complexity index is 400. The lowest BCUT2D eigenvalue weighted by molar-refractivity contribution is -0.385. The van der Waals surface area contributed by atoms with Gasteiger partial charge in [0.25, 0.3) is 5.69 Å². The molecule has 1 atom stereocenters. The van der Waals surface area contributed by atoms with E-state index in [0.717, 1.165) is 11.3 Å². The lowest BCUT2D eigenvalue weighted by atomic mass is 10.2. The number of nitrogens with zero attached hydrogens (tertiary/aromatic N) is 1. The van der Waals surface area contributed by atoms with Crippen LogP contribution in [-0.2, 0) is 5.75 Å². The summed E-state index contributed by atoms with van der Waals surface area (Å²) in [4.78, 5) is 10.3. The van der Waals surface area contributed by atoms with Crippen LogP contribution in [-0.4, -0.2) is 22.4 Å². The number of hydrogen-bond donors (Lipinski definition) is 1. The first-order valence-corrected chi connectivity index (χ1v) is 7.11. The molecule has 0 heterocycles. The van der Waals surface area contributed by atoms with Gasteiger partial charge in [0.2, 0.25) is 0 Å². The molecule has 0 aliphatic rings. The maximum absolute atomic E-state index is 10.7. The molecule has 6 heteroatoms. The van der Waals surface area contributed by atoms with Crippen molar-refractivity contribution in [2.75, 3.05) is 12.4 Å². The van der Waals surface area contributed by atoms with E-state index in [9.17, 15) is 10.1 Å². The third-order valence-corrected chi connectivity index (χ3v) is 4.46. The number of benzene rings is 1. The van der Waals surface area contributed by atoms with Gasteiger partial charge in [-0.25, -0.2) is 0 Å². The van der Waals surface area contributed by atoms with Crippen molar-refractivity contribution in [2.45, 2.75) is 12.7 Å². The number of thioether (sulfide) groups is 1. The number of aliphatic hydroxyl groups is 1. The molecule has 0 radical (unpaired) electrons. The minimum atomic E-state index is -0.394. The van der Waals surface area contributed by atoms with E-state index in [0.29, 0.717) is 10.2 Å². The third kappa shape index (κ3) is 4.29. The van der Waals surface area contributed by atoms with Crippen LogP contribution < -0.4 is 0 Å². The molecule has 0 aromatic heterocycles. The average molecular weight is 320 g/mol. The zero-order valence-electron chi connectivity index (χ0n) is 9.43. The fourth-order valence-corrected chi connectivity index (χ4v) is 3.06. The summed E-state index contributed by atoms with van der Waals surface area (Å²) in [5.74, 6) is 1.79. The van der Waals surface area contributed by atoms with Crippen molar-refractivity contribution >= 4 is 33.4 Å². The molecule has 0 saturated heterocycles. The van der Waals surface area contributed by atoms with Gasteiger partial charge in [-0.15, -0.1) is 0 Å². The minimum absolute atomic E-state index is 0.0957. The normalized spacial score (nSPS) is 12.4. The van der Waals surface area contributed by atoms with E-state index in [1.807, 2.05) is 13.0 Å². The Kier molecular flexibility index (Phi) is 5.94. The second-order valence-corrected chi connectivity index (χ2v) is 5.63. The first kappa shape index (κ1) is 14.5. The molecule has 94 valence electrons. The smallest absolute Gasteiger partial charge is 0.283 e. The molecular formula is C11H14BrNO3S. The Balaban J connectivity index is 2.66. The van der Waals surface area contributed by atoms with Gasteiger partial charge in [0, 0.05) is 18.4 Å². The molecule has 0 spiro atoms. The molecule has 4 nitrogen and oxygen atoms in total. The zero-order chi connectivity index (χ0) is 12.8. The number of aliphatic hydroxyl groups excluding tert-OH is 1. The summed E-state index contributed by atoms with van der Waals surface area (Å²) in [6.45, 7) is 2.14. The molecule has 0 aliphatic carbocycles. The summed E-state index contributed by atoms with van der Waals surface area (Å²) < 4.78 is 0.550. The van der Waals surface area contributed by atoms with Crippen molar-refractivity contribution in [3.8, 4) is 0 Å². The minimum Gasteiger partial charge on any atom is -0.396 e. The summed E-state index contributed by atoms with van der Waals surface area (Å²) in [7, 11) is 0. The first-order chi connectivity index (χ1) is 8.06. The van der Waals surface area contributed by atoms with Crippen LogP contribution in [0.1, 0.15) is 12.5 Å². The van der Waals surface area contributed by atoms with Crippen LogP contribution in [0.2, 0.25) is 0 Å². The van der Waals surface area contributed by atoms with Crippen LogP contribution in [0.5, 0.6) is 0 Å². The standard InChI is InChI=1S/C11H14BrNO3S/c1-8(5-14)6-17-7-9-3-2-4-10(11(9)12)13(15)16/h2-4,8,14H,5-7H2,1H3. The van der Waals surface area contributed by atoms with Gasteiger partial charge in [0.05, 0.1) is 9.40 Å². The molecule has 0 bridgehead atoms. The molecular weight excluding hydrogens is 306 g/mol. The van der Waals surface area contributed by atoms with Crippen LogP contribution in [0.25, 0.3) is 0 Å². The van der Waals surface area contributed by atoms with E-state index < -0.39 is 4.92 Å². The summed E-state index contributed by atoms with van der Waals surface area (Å²) in [5, 5.41) is 19.6. The predicted molar refractivity (Wildman–Crippen MR) is 73.2 cm³/mol. The molecule has 1 rings (SSSR count). The number of nitro groups is 1. The van der Waals surface area contributed by atoms with Gasteiger partial charge in [-0.2, -0.15) is 11.8 Å². The fourth-order valence-electron chi connectivity index (χ4n) is 1.24. The number of rotatable bonds is 6. The van der Waals surface area contributed by atoms with E-state index >= 15 is 0 Å². The number of halogens is 1. The highest BCUT2D eigenvalue weighted by molar-refractivity contribution is 9.10. The Morgan fingerprint density at radius 3 is 2.88 bits per heavy atom. The second kappa shape index (κ2) is 6.98. The molecule has 1 aromatic carbocycles. The average Bonchev–Trinajstić information content (AvgIpc) is 2.30. The van der Waals surface area contributed by atoms with Gasteiger partial charge < -0.3 is 5.11 Å². The van der Waals surface area contributed by atoms with E-state index in [1.165, 1.54) is 6.07 Å². The number of nitro benzene ring substituents is 1. The highest BCUT2D eigenvalue weighted by atomic mass is 79.9. The van der Waals surface area contributed by atoms with Gasteiger partial charge in [-0.3, -0.25) is 10.1 Å². The molecule has 0 fully saturated rings. The Hall–Kier alpha value is -0.590. The van der Waals surface area contributed by atoms with Crippen molar-refractivity contribution in [1.29, 1.82) is 0 Å². The van der Waals surface area contributed by atoms with Crippen LogP contribution in [0.4, 0.5) is 5.69 Å². The number of hydrogen-bond acceptors (Lipinski definition) is 4. The van der Waals surface area contributed by atoms with Crippen molar-refractivity contribution in [3.05, 3.63) is 38.3 Å². The van der Waals surface area contributed by atoms with Gasteiger partial charge in [0.15, 0.2) is 0 Å². The molecule has 0 amide bonds. The first-order valence-electron chi connectivity index (χ1n) is 5.16. The lowest BCUT2D eigenvalue weighted by Gasteiger charge is -2.08. The summed E-state index contributed by atoms with van der Waals surface area (Å²) in [5.41, 5.74) is 1.01. The van der Waals surface area contributed by atoms with Crippen molar-refractivity contribution in [2.24, 2.45) is 5.92 Å². The second-order valence-electron chi connectivity index (χ2n) is 3.81. The van der Waals surface area contributed by atoms with Crippen LogP contribution in [0.15, 0.2) is 22.7 Å². The highest BCUT2D eigenvalue weighted by Gasteiger charge is 2.14. The van der Waals surface area contributed by atoms with E-state index in [4.69, 9.17) is 5.11 Å². The Morgan fingerprint density at radius 1 is 1.59 bits per heavy atom. The fraction of sp³-hybridized carbons (Fsp3) is 0.455. The van der Waals surface area contributed by atoms with E-state index in [1.54, 1.807) is 17.8 Å². The van der Waals surface area contributed by atoms with Gasteiger partial charge >= 0.3 is 0 Å². The summed E-state index contributed by atoms with van der Waals surface area (Å²) >= 11 is 4.92. The maximum atomic E-state index is 10.7. The SMILES string of the molecule is CC(CO)CSCc1cccc([N+](=O)[O-])c1Br. The third-order valence-electron chi connectivity index (χ3n) is 2.23. The highest BCUT2D eigenvalue weighted by Crippen LogP contribution is 2.30. The van der Waals surface area contributed by atoms with Gasteiger partial charge in [0.1, 0.15) is 0 Å². The summed E-state index contributed by atoms with van der Waals surface area (Å²) in [6, 6.07) is 5.04. The largest absolute Gasteiger partial charge is 0.396 e. The van der Waals surface area contributed by atoms with Crippen molar-refractivity contribution in [3.63, 3.8) is 0 Å². The summed E-state index contributed by atoms with van der Waals surface area (Å²) in [6.07, 6.45) is 0. The monoisotopic (exact) mass is 319 g/mol. The maximum Gasteiger partial charge on any atom is 0.283 e. The Labute approximate surface area is 113 Å². The van der Waals surface area contributed by atoms with Gasteiger partial charge in [-0.05, 0) is 33.2 Å². The topological polar surface area (TPSA) is 63.4 Å². The quantitative estimate of drug-likeness (QED) is 0.646. The van der Waals surface area contributed by atoms with E-state index in [-0.39, 0.29) is 18.2 Å². The zero-order valence-corrected chi connectivity index (χ0v) is 11.8. The molecule has 1 unspecified atom stereocenters.